The van der Waals surface area contributed by atoms with Crippen LogP contribution in [0.25, 0.3) is 0 Å². The molecule has 0 saturated heterocycles. The predicted octanol–water partition coefficient (Wildman–Crippen LogP) is 0.342. The van der Waals surface area contributed by atoms with Gasteiger partial charge in [0.05, 0.1) is 24.8 Å². The Morgan fingerprint density at radius 2 is 1.58 bits per heavy atom. The second-order valence-electron chi connectivity index (χ2n) is 4.05. The van der Waals surface area contributed by atoms with Crippen molar-refractivity contribution in [1.82, 2.24) is 4.98 Å². The number of nitrogens with zero attached hydrogens (tertiary/aromatic N) is 1. The Kier molecular flexibility index (Phi) is 5.02. The molecule has 1 aromatic rings. The van der Waals surface area contributed by atoms with Crippen molar-refractivity contribution < 1.29 is 25.2 Å². The average Bonchev–Trinajstić information content (AvgIpc) is 2.22. The normalized spacial score (nSPS) is 12.6. The molecule has 0 bridgehead atoms. The van der Waals surface area contributed by atoms with Crippen LogP contribution in [0.5, 0.6) is 0 Å². The Bertz CT molecular complexity index is 651. The van der Waals surface area contributed by atoms with E-state index in [4.69, 9.17) is 0 Å². The van der Waals surface area contributed by atoms with Gasteiger partial charge in [-0.2, -0.15) is 16.8 Å². The maximum atomic E-state index is 10.9. The minimum atomic E-state index is -3.59. The van der Waals surface area contributed by atoms with E-state index >= 15 is 0 Å². The molecule has 1 heterocycles. The first-order valence-electron chi connectivity index (χ1n) is 5.20. The summed E-state index contributed by atoms with van der Waals surface area (Å²) < 4.78 is 53.0. The molecule has 9 heteroatoms. The van der Waals surface area contributed by atoms with Crippen LogP contribution in [0.1, 0.15) is 16.8 Å². The van der Waals surface area contributed by atoms with Gasteiger partial charge in [-0.05, 0) is 12.5 Å². The van der Waals surface area contributed by atoms with Crippen LogP contribution in [0.2, 0.25) is 0 Å². The molecule has 1 rings (SSSR count). The molecule has 0 saturated carbocycles. The van der Waals surface area contributed by atoms with E-state index in [2.05, 4.69) is 13.4 Å². The highest BCUT2D eigenvalue weighted by Crippen LogP contribution is 2.13. The minimum Gasteiger partial charge on any atom is -0.265 e. The quantitative estimate of drug-likeness (QED) is 0.699. The molecule has 108 valence electrons. The fraction of sp³-hybridized carbons (Fsp3) is 0.500. The maximum Gasteiger partial charge on any atom is 0.264 e. The van der Waals surface area contributed by atoms with Gasteiger partial charge in [-0.15, -0.1) is 0 Å². The van der Waals surface area contributed by atoms with Crippen molar-refractivity contribution in [2.45, 2.75) is 20.1 Å². The van der Waals surface area contributed by atoms with Gasteiger partial charge >= 0.3 is 0 Å². The fourth-order valence-corrected chi connectivity index (χ4v) is 1.91. The van der Waals surface area contributed by atoms with Gasteiger partial charge in [-0.25, -0.2) is 0 Å². The molecule has 1 aromatic heterocycles. The van der Waals surface area contributed by atoms with Crippen LogP contribution in [0, 0.1) is 6.92 Å². The first kappa shape index (κ1) is 16.0. The first-order valence-corrected chi connectivity index (χ1v) is 8.83. The Morgan fingerprint density at radius 3 is 2.11 bits per heavy atom. The molecular formula is C10H15NO6S2. The molecular weight excluding hydrogens is 294 g/mol. The van der Waals surface area contributed by atoms with Crippen molar-refractivity contribution in [3.63, 3.8) is 0 Å². The number of aromatic nitrogens is 1. The van der Waals surface area contributed by atoms with Crippen LogP contribution in [0.15, 0.2) is 12.3 Å². The van der Waals surface area contributed by atoms with E-state index in [1.807, 2.05) is 0 Å². The third-order valence-electron chi connectivity index (χ3n) is 2.03. The zero-order valence-electron chi connectivity index (χ0n) is 10.8. The van der Waals surface area contributed by atoms with Gasteiger partial charge in [-0.1, -0.05) is 6.07 Å². The van der Waals surface area contributed by atoms with E-state index < -0.39 is 20.2 Å². The summed E-state index contributed by atoms with van der Waals surface area (Å²) in [6.07, 6.45) is 3.39. The lowest BCUT2D eigenvalue weighted by molar-refractivity contribution is 0.288. The van der Waals surface area contributed by atoms with Gasteiger partial charge in [0.1, 0.15) is 6.61 Å². The second kappa shape index (κ2) is 5.95. The van der Waals surface area contributed by atoms with E-state index in [1.54, 1.807) is 13.0 Å². The lowest BCUT2D eigenvalue weighted by Gasteiger charge is -2.09. The molecule has 0 radical (unpaired) electrons. The summed E-state index contributed by atoms with van der Waals surface area (Å²) in [5.41, 5.74) is 1.59. The summed E-state index contributed by atoms with van der Waals surface area (Å²) in [6.45, 7) is 1.30. The molecule has 19 heavy (non-hydrogen) atoms. The SMILES string of the molecule is Cc1cnc(COS(C)(=O)=O)c(COS(C)(=O)=O)c1. The second-order valence-corrected chi connectivity index (χ2v) is 7.34. The lowest BCUT2D eigenvalue weighted by Crippen LogP contribution is -2.09. The van der Waals surface area contributed by atoms with Crippen LogP contribution in [-0.4, -0.2) is 34.3 Å². The van der Waals surface area contributed by atoms with E-state index in [1.165, 1.54) is 6.20 Å². The van der Waals surface area contributed by atoms with Crippen LogP contribution in [-0.2, 0) is 41.8 Å². The molecule has 0 aromatic carbocycles. The maximum absolute atomic E-state index is 10.9. The van der Waals surface area contributed by atoms with Crippen LogP contribution in [0.4, 0.5) is 0 Å². The number of aryl methyl sites for hydroxylation is 1. The van der Waals surface area contributed by atoms with Gasteiger partial charge < -0.3 is 0 Å². The third-order valence-corrected chi connectivity index (χ3v) is 3.13. The van der Waals surface area contributed by atoms with Crippen molar-refractivity contribution in [1.29, 1.82) is 0 Å². The van der Waals surface area contributed by atoms with E-state index in [9.17, 15) is 16.8 Å². The van der Waals surface area contributed by atoms with Crippen molar-refractivity contribution in [3.8, 4) is 0 Å². The largest absolute Gasteiger partial charge is 0.265 e. The summed E-state index contributed by atoms with van der Waals surface area (Å²) in [4.78, 5) is 4.02. The monoisotopic (exact) mass is 309 g/mol. The number of pyridine rings is 1. The number of hydrogen-bond donors (Lipinski definition) is 0. The number of rotatable bonds is 6. The molecule has 0 aliphatic rings. The summed E-state index contributed by atoms with van der Waals surface area (Å²) in [7, 11) is -7.17. The van der Waals surface area contributed by atoms with Crippen LogP contribution < -0.4 is 0 Å². The van der Waals surface area contributed by atoms with Gasteiger partial charge in [0.25, 0.3) is 20.2 Å². The van der Waals surface area contributed by atoms with Crippen LogP contribution >= 0.6 is 0 Å². The van der Waals surface area contributed by atoms with Gasteiger partial charge in [0.2, 0.25) is 0 Å². The topological polar surface area (TPSA) is 99.6 Å². The highest BCUT2D eigenvalue weighted by molar-refractivity contribution is 7.86. The molecule has 0 aliphatic carbocycles. The Morgan fingerprint density at radius 1 is 1.05 bits per heavy atom. The summed E-state index contributed by atoms with van der Waals surface area (Å²) in [5.74, 6) is 0. The molecule has 7 nitrogen and oxygen atoms in total. The standard InChI is InChI=1S/C10H15NO6S2/c1-8-4-9(6-16-18(2,12)13)10(11-5-8)7-17-19(3,14)15/h4-5H,6-7H2,1-3H3. The predicted molar refractivity (Wildman–Crippen MR) is 68.2 cm³/mol. The lowest BCUT2D eigenvalue weighted by atomic mass is 10.1. The molecule has 0 atom stereocenters. The highest BCUT2D eigenvalue weighted by atomic mass is 32.2. The first-order chi connectivity index (χ1) is 8.57. The highest BCUT2D eigenvalue weighted by Gasteiger charge is 2.11. The van der Waals surface area contributed by atoms with Crippen LogP contribution in [0.3, 0.4) is 0 Å². The summed E-state index contributed by atoms with van der Waals surface area (Å²) in [5, 5.41) is 0. The summed E-state index contributed by atoms with van der Waals surface area (Å²) in [6, 6.07) is 1.67. The van der Waals surface area contributed by atoms with E-state index in [0.717, 1.165) is 18.1 Å². The zero-order valence-corrected chi connectivity index (χ0v) is 12.4. The van der Waals surface area contributed by atoms with Crippen molar-refractivity contribution >= 4 is 20.2 Å². The van der Waals surface area contributed by atoms with Gasteiger partial charge in [0.15, 0.2) is 0 Å². The van der Waals surface area contributed by atoms with Gasteiger partial charge in [0, 0.05) is 11.8 Å². The molecule has 0 spiro atoms. The van der Waals surface area contributed by atoms with Crippen molar-refractivity contribution in [2.24, 2.45) is 0 Å². The fourth-order valence-electron chi connectivity index (χ4n) is 1.25. The van der Waals surface area contributed by atoms with E-state index in [-0.39, 0.29) is 13.2 Å². The Balaban J connectivity index is 2.91. The molecule has 0 aliphatic heterocycles. The molecule has 0 unspecified atom stereocenters. The molecule has 0 fully saturated rings. The smallest absolute Gasteiger partial charge is 0.264 e. The van der Waals surface area contributed by atoms with E-state index in [0.29, 0.717) is 11.3 Å². The Labute approximate surface area is 112 Å². The summed E-state index contributed by atoms with van der Waals surface area (Å²) >= 11 is 0. The third kappa shape index (κ3) is 6.62. The number of hydrogen-bond acceptors (Lipinski definition) is 7. The molecule has 0 amide bonds. The zero-order chi connectivity index (χ0) is 14.7. The van der Waals surface area contributed by atoms with Crippen molar-refractivity contribution in [3.05, 3.63) is 29.1 Å². The Hall–Kier alpha value is -1.03. The average molecular weight is 309 g/mol. The van der Waals surface area contributed by atoms with Gasteiger partial charge in [-0.3, -0.25) is 13.4 Å². The minimum absolute atomic E-state index is 0.212. The molecule has 0 N–H and O–H groups in total. The van der Waals surface area contributed by atoms with Crippen molar-refractivity contribution in [2.75, 3.05) is 12.5 Å².